The smallest absolute Gasteiger partial charge is 0.234 e. The molecule has 6 nitrogen and oxygen atoms in total. The number of hydrogen-bond donors (Lipinski definition) is 3. The fourth-order valence-electron chi connectivity index (χ4n) is 3.44. The predicted molar refractivity (Wildman–Crippen MR) is 87.9 cm³/mol. The van der Waals surface area contributed by atoms with Crippen molar-refractivity contribution in [3.63, 3.8) is 0 Å². The van der Waals surface area contributed by atoms with Crippen molar-refractivity contribution in [2.75, 3.05) is 26.2 Å². The molecule has 2 amide bonds. The van der Waals surface area contributed by atoms with Crippen LogP contribution in [-0.2, 0) is 16.1 Å². The molecular weight excluding hydrogens is 314 g/mol. The molecule has 23 heavy (non-hydrogen) atoms. The van der Waals surface area contributed by atoms with E-state index < -0.39 is 11.5 Å². The second kappa shape index (κ2) is 6.98. The number of carbonyl (C=O) groups excluding carboxylic acids is 2. The van der Waals surface area contributed by atoms with Crippen molar-refractivity contribution in [2.24, 2.45) is 5.41 Å². The van der Waals surface area contributed by atoms with Gasteiger partial charge in [0.15, 0.2) is 0 Å². The van der Waals surface area contributed by atoms with E-state index in [-0.39, 0.29) is 11.8 Å². The highest BCUT2D eigenvalue weighted by molar-refractivity contribution is 7.09. The minimum absolute atomic E-state index is 0.0162. The van der Waals surface area contributed by atoms with Crippen LogP contribution in [0.15, 0.2) is 17.5 Å². The van der Waals surface area contributed by atoms with Gasteiger partial charge in [-0.15, -0.1) is 11.3 Å². The molecule has 2 saturated heterocycles. The second-order valence-corrected chi connectivity index (χ2v) is 7.51. The van der Waals surface area contributed by atoms with Crippen molar-refractivity contribution in [3.05, 3.63) is 22.4 Å². The highest BCUT2D eigenvalue weighted by Gasteiger charge is 2.45. The summed E-state index contributed by atoms with van der Waals surface area (Å²) in [5.41, 5.74) is -0.443. The second-order valence-electron chi connectivity index (χ2n) is 6.48. The van der Waals surface area contributed by atoms with Gasteiger partial charge in [-0.1, -0.05) is 6.07 Å². The Morgan fingerprint density at radius 1 is 1.48 bits per heavy atom. The fourth-order valence-corrected chi connectivity index (χ4v) is 4.09. The van der Waals surface area contributed by atoms with Crippen LogP contribution in [0.5, 0.6) is 0 Å². The van der Waals surface area contributed by atoms with Crippen LogP contribution < -0.4 is 10.6 Å². The van der Waals surface area contributed by atoms with E-state index in [4.69, 9.17) is 0 Å². The Bertz CT molecular complexity index is 553. The molecule has 7 heteroatoms. The Morgan fingerprint density at radius 2 is 2.26 bits per heavy atom. The molecule has 1 spiro atoms. The normalized spacial score (nSPS) is 24.4. The molecule has 1 atom stereocenters. The van der Waals surface area contributed by atoms with Gasteiger partial charge in [0.1, 0.15) is 0 Å². The zero-order valence-corrected chi connectivity index (χ0v) is 13.9. The van der Waals surface area contributed by atoms with E-state index in [1.165, 1.54) is 0 Å². The molecule has 3 N–H and O–H groups in total. The third-order valence-electron chi connectivity index (χ3n) is 4.83. The molecule has 126 valence electrons. The van der Waals surface area contributed by atoms with Gasteiger partial charge in [-0.3, -0.25) is 14.5 Å². The lowest BCUT2D eigenvalue weighted by Gasteiger charge is -2.44. The summed E-state index contributed by atoms with van der Waals surface area (Å²) in [6.45, 7) is 2.73. The molecule has 2 aliphatic rings. The van der Waals surface area contributed by atoms with Gasteiger partial charge in [-0.25, -0.2) is 0 Å². The van der Waals surface area contributed by atoms with Gasteiger partial charge in [-0.05, 0) is 43.8 Å². The number of nitrogens with one attached hydrogen (secondary N) is 2. The SMILES string of the molecule is O=C(CN1CCC2(CC1)CC(O)CNC2=O)NCc1cccs1. The summed E-state index contributed by atoms with van der Waals surface area (Å²) >= 11 is 1.63. The third-order valence-corrected chi connectivity index (χ3v) is 5.70. The van der Waals surface area contributed by atoms with Crippen molar-refractivity contribution >= 4 is 23.2 Å². The highest BCUT2D eigenvalue weighted by atomic mass is 32.1. The minimum Gasteiger partial charge on any atom is -0.391 e. The first-order chi connectivity index (χ1) is 11.1. The highest BCUT2D eigenvalue weighted by Crippen LogP contribution is 2.38. The molecule has 3 rings (SSSR count). The largest absolute Gasteiger partial charge is 0.391 e. The van der Waals surface area contributed by atoms with Crippen molar-refractivity contribution in [3.8, 4) is 0 Å². The maximum Gasteiger partial charge on any atom is 0.234 e. The van der Waals surface area contributed by atoms with Crippen LogP contribution in [0, 0.1) is 5.41 Å². The number of rotatable bonds is 4. The first-order valence-electron chi connectivity index (χ1n) is 8.05. The summed E-state index contributed by atoms with van der Waals surface area (Å²) in [5, 5.41) is 17.5. The van der Waals surface area contributed by atoms with Gasteiger partial charge in [0.25, 0.3) is 0 Å². The summed E-state index contributed by atoms with van der Waals surface area (Å²) in [6, 6.07) is 3.97. The van der Waals surface area contributed by atoms with Gasteiger partial charge >= 0.3 is 0 Å². The van der Waals surface area contributed by atoms with Crippen molar-refractivity contribution in [1.82, 2.24) is 15.5 Å². The van der Waals surface area contributed by atoms with Crippen LogP contribution in [0.1, 0.15) is 24.1 Å². The van der Waals surface area contributed by atoms with Crippen LogP contribution in [0.3, 0.4) is 0 Å². The zero-order chi connectivity index (χ0) is 16.3. The van der Waals surface area contributed by atoms with Crippen molar-refractivity contribution in [2.45, 2.75) is 31.9 Å². The molecule has 3 heterocycles. The third kappa shape index (κ3) is 3.91. The Hall–Kier alpha value is -1.44. The number of carbonyl (C=O) groups is 2. The molecule has 0 aliphatic carbocycles. The maximum absolute atomic E-state index is 12.2. The molecule has 1 aromatic heterocycles. The summed E-state index contributed by atoms with van der Waals surface area (Å²) < 4.78 is 0. The van der Waals surface area contributed by atoms with E-state index in [0.29, 0.717) is 52.0 Å². The van der Waals surface area contributed by atoms with Gasteiger partial charge in [0, 0.05) is 11.4 Å². The number of nitrogens with zero attached hydrogens (tertiary/aromatic N) is 1. The number of piperidine rings is 2. The topological polar surface area (TPSA) is 81.7 Å². The van der Waals surface area contributed by atoms with E-state index in [9.17, 15) is 14.7 Å². The summed E-state index contributed by atoms with van der Waals surface area (Å²) in [4.78, 5) is 27.4. The number of aliphatic hydroxyl groups excluding tert-OH is 1. The van der Waals surface area contributed by atoms with Gasteiger partial charge < -0.3 is 15.7 Å². The zero-order valence-electron chi connectivity index (χ0n) is 13.1. The Morgan fingerprint density at radius 3 is 2.96 bits per heavy atom. The first kappa shape index (κ1) is 16.4. The van der Waals surface area contributed by atoms with Crippen LogP contribution in [0.2, 0.25) is 0 Å². The number of aliphatic hydroxyl groups is 1. The molecule has 2 fully saturated rings. The summed E-state index contributed by atoms with van der Waals surface area (Å²) in [5.74, 6) is 0.0760. The molecule has 0 saturated carbocycles. The van der Waals surface area contributed by atoms with E-state index in [1.807, 2.05) is 17.5 Å². The van der Waals surface area contributed by atoms with Crippen molar-refractivity contribution in [1.29, 1.82) is 0 Å². The van der Waals surface area contributed by atoms with E-state index in [1.54, 1.807) is 11.3 Å². The number of thiophene rings is 1. The van der Waals surface area contributed by atoms with Crippen LogP contribution in [-0.4, -0.2) is 54.1 Å². The number of hydrogen-bond acceptors (Lipinski definition) is 5. The van der Waals surface area contributed by atoms with Gasteiger partial charge in [0.05, 0.1) is 24.6 Å². The lowest BCUT2D eigenvalue weighted by Crippen LogP contribution is -2.56. The predicted octanol–water partition coefficient (Wildman–Crippen LogP) is 0.327. The Kier molecular flexibility index (Phi) is 4.99. The molecule has 0 radical (unpaired) electrons. The number of β-amino-alcohol motifs (C(OH)–C–C–N with tert-alkyl or cyclic N) is 1. The number of amides is 2. The van der Waals surface area contributed by atoms with E-state index >= 15 is 0 Å². The monoisotopic (exact) mass is 337 g/mol. The van der Waals surface area contributed by atoms with Crippen LogP contribution in [0.25, 0.3) is 0 Å². The number of likely N-dealkylation sites (tertiary alicyclic amines) is 1. The Labute approximate surface area is 139 Å². The molecule has 0 aromatic carbocycles. The fraction of sp³-hybridized carbons (Fsp3) is 0.625. The van der Waals surface area contributed by atoms with Gasteiger partial charge in [0.2, 0.25) is 11.8 Å². The van der Waals surface area contributed by atoms with Crippen molar-refractivity contribution < 1.29 is 14.7 Å². The molecule has 0 bridgehead atoms. The van der Waals surface area contributed by atoms with Crippen LogP contribution in [0.4, 0.5) is 0 Å². The van der Waals surface area contributed by atoms with Gasteiger partial charge in [-0.2, -0.15) is 0 Å². The quantitative estimate of drug-likeness (QED) is 0.739. The van der Waals surface area contributed by atoms with Crippen LogP contribution >= 0.6 is 11.3 Å². The Balaban J connectivity index is 1.45. The maximum atomic E-state index is 12.2. The molecular formula is C16H23N3O3S. The standard InChI is InChI=1S/C16H23N3O3S/c20-12-8-16(15(22)18-9-12)3-5-19(6-4-16)11-14(21)17-10-13-2-1-7-23-13/h1-2,7,12,20H,3-6,8-11H2,(H,17,21)(H,18,22). The average Bonchev–Trinajstić information content (AvgIpc) is 3.05. The summed E-state index contributed by atoms with van der Waals surface area (Å²) in [7, 11) is 0. The minimum atomic E-state index is -0.451. The molecule has 1 unspecified atom stereocenters. The summed E-state index contributed by atoms with van der Waals surface area (Å²) in [6.07, 6.45) is 1.49. The average molecular weight is 337 g/mol. The lowest BCUT2D eigenvalue weighted by molar-refractivity contribution is -0.141. The first-order valence-corrected chi connectivity index (χ1v) is 8.93. The lowest BCUT2D eigenvalue weighted by atomic mass is 9.71. The van der Waals surface area contributed by atoms with E-state index in [2.05, 4.69) is 15.5 Å². The molecule has 1 aromatic rings. The van der Waals surface area contributed by atoms with E-state index in [0.717, 1.165) is 4.88 Å². The molecule has 2 aliphatic heterocycles.